The second-order valence-corrected chi connectivity index (χ2v) is 3.30. The van der Waals surface area contributed by atoms with Crippen LogP contribution in [0.2, 0.25) is 0 Å². The summed E-state index contributed by atoms with van der Waals surface area (Å²) >= 11 is 0. The van der Waals surface area contributed by atoms with Gasteiger partial charge in [0.25, 0.3) is 0 Å². The Labute approximate surface area is 63.8 Å². The van der Waals surface area contributed by atoms with Gasteiger partial charge in [-0.05, 0) is 19.3 Å². The predicted molar refractivity (Wildman–Crippen MR) is 43.1 cm³/mol. The standard InChI is InChI=1S/C9H18O/c1-3-9(10-2)7-5-4-6-8-9/h3-8H2,1-2H3. The predicted octanol–water partition coefficient (Wildman–Crippen LogP) is 2.75. The van der Waals surface area contributed by atoms with E-state index in [0.29, 0.717) is 0 Å². The van der Waals surface area contributed by atoms with Gasteiger partial charge in [-0.15, -0.1) is 0 Å². The van der Waals surface area contributed by atoms with Gasteiger partial charge in [0.15, 0.2) is 0 Å². The lowest BCUT2D eigenvalue weighted by molar-refractivity contribution is -0.0418. The fourth-order valence-corrected chi connectivity index (χ4v) is 1.90. The van der Waals surface area contributed by atoms with Gasteiger partial charge in [0.2, 0.25) is 0 Å². The molecule has 1 nitrogen and oxygen atoms in total. The molecule has 0 aliphatic heterocycles. The van der Waals surface area contributed by atoms with Crippen LogP contribution in [-0.2, 0) is 4.74 Å². The smallest absolute Gasteiger partial charge is 0.0676 e. The van der Waals surface area contributed by atoms with Crippen molar-refractivity contribution in [3.8, 4) is 0 Å². The molecule has 1 rings (SSSR count). The van der Waals surface area contributed by atoms with Crippen molar-refractivity contribution in [2.75, 3.05) is 7.11 Å². The summed E-state index contributed by atoms with van der Waals surface area (Å²) in [5.74, 6) is 0. The number of hydrogen-bond acceptors (Lipinski definition) is 1. The highest BCUT2D eigenvalue weighted by Crippen LogP contribution is 2.33. The first kappa shape index (κ1) is 8.06. The average molecular weight is 142 g/mol. The van der Waals surface area contributed by atoms with Crippen LogP contribution in [0.5, 0.6) is 0 Å². The summed E-state index contributed by atoms with van der Waals surface area (Å²) in [6.07, 6.45) is 7.87. The quantitative estimate of drug-likeness (QED) is 0.576. The molecule has 0 amide bonds. The van der Waals surface area contributed by atoms with Crippen LogP contribution >= 0.6 is 0 Å². The van der Waals surface area contributed by atoms with Crippen LogP contribution in [0.1, 0.15) is 45.4 Å². The van der Waals surface area contributed by atoms with E-state index in [-0.39, 0.29) is 5.60 Å². The molecule has 1 saturated carbocycles. The van der Waals surface area contributed by atoms with Crippen LogP contribution in [0, 0.1) is 0 Å². The summed E-state index contributed by atoms with van der Waals surface area (Å²) < 4.78 is 5.53. The first-order valence-electron chi connectivity index (χ1n) is 4.38. The Hall–Kier alpha value is -0.0400. The van der Waals surface area contributed by atoms with Crippen molar-refractivity contribution < 1.29 is 4.74 Å². The maximum Gasteiger partial charge on any atom is 0.0676 e. The minimum Gasteiger partial charge on any atom is -0.378 e. The average Bonchev–Trinajstić information content (AvgIpc) is 2.06. The van der Waals surface area contributed by atoms with E-state index >= 15 is 0 Å². The molecule has 1 heteroatoms. The SMILES string of the molecule is CCC1(OC)CCCCC1. The van der Waals surface area contributed by atoms with E-state index < -0.39 is 0 Å². The third kappa shape index (κ3) is 1.51. The fourth-order valence-electron chi connectivity index (χ4n) is 1.90. The summed E-state index contributed by atoms with van der Waals surface area (Å²) in [4.78, 5) is 0. The highest BCUT2D eigenvalue weighted by Gasteiger charge is 2.29. The lowest BCUT2D eigenvalue weighted by Crippen LogP contribution is -2.32. The van der Waals surface area contributed by atoms with Crippen LogP contribution in [-0.4, -0.2) is 12.7 Å². The van der Waals surface area contributed by atoms with Crippen molar-refractivity contribution in [3.05, 3.63) is 0 Å². The molecule has 0 atom stereocenters. The van der Waals surface area contributed by atoms with Crippen molar-refractivity contribution in [1.29, 1.82) is 0 Å². The van der Waals surface area contributed by atoms with Gasteiger partial charge >= 0.3 is 0 Å². The van der Waals surface area contributed by atoms with Gasteiger partial charge in [0.05, 0.1) is 5.60 Å². The molecule has 1 aliphatic rings. The van der Waals surface area contributed by atoms with Crippen molar-refractivity contribution in [3.63, 3.8) is 0 Å². The maximum atomic E-state index is 5.53. The molecule has 1 fully saturated rings. The van der Waals surface area contributed by atoms with E-state index in [2.05, 4.69) is 6.92 Å². The Bertz CT molecular complexity index is 86.9. The Morgan fingerprint density at radius 3 is 2.10 bits per heavy atom. The van der Waals surface area contributed by atoms with E-state index in [0.717, 1.165) is 0 Å². The first-order valence-corrected chi connectivity index (χ1v) is 4.38. The molecule has 60 valence electrons. The van der Waals surface area contributed by atoms with Gasteiger partial charge in [0.1, 0.15) is 0 Å². The molecule has 0 aromatic carbocycles. The highest BCUT2D eigenvalue weighted by atomic mass is 16.5. The minimum atomic E-state index is 0.262. The van der Waals surface area contributed by atoms with E-state index in [1.54, 1.807) is 0 Å². The molecule has 0 saturated heterocycles. The number of hydrogen-bond donors (Lipinski definition) is 0. The zero-order chi connectivity index (χ0) is 7.45. The molecule has 0 unspecified atom stereocenters. The lowest BCUT2D eigenvalue weighted by Gasteiger charge is -2.34. The topological polar surface area (TPSA) is 9.23 Å². The molecule has 0 N–H and O–H groups in total. The third-order valence-electron chi connectivity index (χ3n) is 2.84. The minimum absolute atomic E-state index is 0.262. The van der Waals surface area contributed by atoms with E-state index in [9.17, 15) is 0 Å². The van der Waals surface area contributed by atoms with Crippen molar-refractivity contribution in [2.45, 2.75) is 51.0 Å². The second-order valence-electron chi connectivity index (χ2n) is 3.30. The maximum absolute atomic E-state index is 5.53. The van der Waals surface area contributed by atoms with Gasteiger partial charge in [-0.2, -0.15) is 0 Å². The van der Waals surface area contributed by atoms with Crippen LogP contribution in [0.3, 0.4) is 0 Å². The van der Waals surface area contributed by atoms with Crippen molar-refractivity contribution in [1.82, 2.24) is 0 Å². The molecular formula is C9H18O. The highest BCUT2D eigenvalue weighted by molar-refractivity contribution is 4.82. The van der Waals surface area contributed by atoms with Crippen molar-refractivity contribution in [2.24, 2.45) is 0 Å². The van der Waals surface area contributed by atoms with Gasteiger partial charge in [-0.3, -0.25) is 0 Å². The third-order valence-corrected chi connectivity index (χ3v) is 2.84. The Morgan fingerprint density at radius 1 is 1.20 bits per heavy atom. The summed E-state index contributed by atoms with van der Waals surface area (Å²) in [5.41, 5.74) is 0.262. The Balaban J connectivity index is 2.44. The lowest BCUT2D eigenvalue weighted by atomic mass is 9.83. The largest absolute Gasteiger partial charge is 0.378 e. The van der Waals surface area contributed by atoms with Crippen molar-refractivity contribution >= 4 is 0 Å². The summed E-state index contributed by atoms with van der Waals surface area (Å²) in [7, 11) is 1.86. The normalized spacial score (nSPS) is 24.6. The number of ether oxygens (including phenoxy) is 1. The van der Waals surface area contributed by atoms with Crippen LogP contribution < -0.4 is 0 Å². The molecule has 0 heterocycles. The monoisotopic (exact) mass is 142 g/mol. The second kappa shape index (κ2) is 3.38. The van der Waals surface area contributed by atoms with Gasteiger partial charge in [-0.25, -0.2) is 0 Å². The van der Waals surface area contributed by atoms with Gasteiger partial charge in [-0.1, -0.05) is 26.2 Å². The summed E-state index contributed by atoms with van der Waals surface area (Å²) in [6, 6.07) is 0. The Kier molecular flexibility index (Phi) is 2.72. The van der Waals surface area contributed by atoms with Gasteiger partial charge < -0.3 is 4.74 Å². The Morgan fingerprint density at radius 2 is 1.80 bits per heavy atom. The number of rotatable bonds is 2. The fraction of sp³-hybridized carbons (Fsp3) is 1.00. The molecule has 0 spiro atoms. The zero-order valence-electron chi connectivity index (χ0n) is 7.15. The molecular weight excluding hydrogens is 124 g/mol. The van der Waals surface area contributed by atoms with E-state index in [4.69, 9.17) is 4.74 Å². The van der Waals surface area contributed by atoms with Crippen LogP contribution in [0.25, 0.3) is 0 Å². The van der Waals surface area contributed by atoms with Crippen LogP contribution in [0.4, 0.5) is 0 Å². The summed E-state index contributed by atoms with van der Waals surface area (Å²) in [5, 5.41) is 0. The molecule has 0 bridgehead atoms. The molecule has 0 radical (unpaired) electrons. The molecule has 1 aliphatic carbocycles. The van der Waals surface area contributed by atoms with E-state index in [1.165, 1.54) is 38.5 Å². The van der Waals surface area contributed by atoms with Gasteiger partial charge in [0, 0.05) is 7.11 Å². The van der Waals surface area contributed by atoms with Crippen LogP contribution in [0.15, 0.2) is 0 Å². The van der Waals surface area contributed by atoms with E-state index in [1.807, 2.05) is 7.11 Å². The summed E-state index contributed by atoms with van der Waals surface area (Å²) in [6.45, 7) is 2.23. The first-order chi connectivity index (χ1) is 4.83. The zero-order valence-corrected chi connectivity index (χ0v) is 7.15. The molecule has 0 aromatic rings. The number of methoxy groups -OCH3 is 1. The molecule has 0 aromatic heterocycles. The molecule has 10 heavy (non-hydrogen) atoms.